The van der Waals surface area contributed by atoms with Crippen molar-refractivity contribution in [3.05, 3.63) is 76.1 Å². The number of methoxy groups -OCH3 is 1. The molecule has 0 saturated carbocycles. The number of benzene rings is 2. The Morgan fingerprint density at radius 1 is 0.869 bits per heavy atom. The van der Waals surface area contributed by atoms with Gasteiger partial charge in [0, 0.05) is 32.4 Å². The largest absolute Gasteiger partial charge is 0.497 e. The fourth-order valence-corrected chi connectivity index (χ4v) is 10.4. The molecule has 0 unspecified atom stereocenters. The molecule has 7 amide bonds. The Morgan fingerprint density at radius 3 is 2.15 bits per heavy atom. The van der Waals surface area contributed by atoms with Crippen molar-refractivity contribution in [3.63, 3.8) is 0 Å². The molecule has 3 heterocycles. The first-order valence-corrected chi connectivity index (χ1v) is 28.9. The second-order valence-corrected chi connectivity index (χ2v) is 23.3. The van der Waals surface area contributed by atoms with Gasteiger partial charge in [0.1, 0.15) is 53.2 Å². The number of aliphatic hydroxyl groups is 1. The molecule has 5 rings (SSSR count). The summed E-state index contributed by atoms with van der Waals surface area (Å²) in [5.74, 6) is -11.1. The lowest BCUT2D eigenvalue weighted by Crippen LogP contribution is -2.61. The van der Waals surface area contributed by atoms with E-state index in [0.29, 0.717) is 29.5 Å². The van der Waals surface area contributed by atoms with Crippen molar-refractivity contribution in [3.8, 4) is 5.75 Å². The number of aliphatic hydroxyl groups excluding tert-OH is 1. The number of Topliss-reactive ketones (excluding diaryl/α,β-unsaturated/α-hetero) is 1. The lowest BCUT2D eigenvalue weighted by molar-refractivity contribution is -0.163. The lowest BCUT2D eigenvalue weighted by atomic mass is 9.91. The normalized spacial score (nSPS) is 24.4. The number of carbonyl (C=O) groups is 10. The number of nitrogens with one attached hydrogen (secondary N) is 4. The summed E-state index contributed by atoms with van der Waals surface area (Å²) in [5.41, 5.74) is -0.498. The Morgan fingerprint density at radius 2 is 1.54 bits per heavy atom. The molecule has 3 aromatic rings. The van der Waals surface area contributed by atoms with Crippen LogP contribution in [-0.2, 0) is 59.0 Å². The molecule has 5 N–H and O–H groups in total. The average molecular weight is 1170 g/mol. The lowest BCUT2D eigenvalue weighted by Gasteiger charge is -2.36. The maximum Gasteiger partial charge on any atom is 0.349 e. The number of fused-ring (bicyclic) bond motifs is 2. The van der Waals surface area contributed by atoms with E-state index in [0.717, 1.165) is 4.90 Å². The minimum absolute atomic E-state index is 0.00767. The highest BCUT2D eigenvalue weighted by atomic mass is 16.6. The molecule has 2 aromatic carbocycles. The molecule has 2 aliphatic heterocycles. The van der Waals surface area contributed by atoms with Crippen LogP contribution in [0.1, 0.15) is 124 Å². The van der Waals surface area contributed by atoms with E-state index in [1.807, 2.05) is 13.8 Å². The molecule has 0 bridgehead atoms. The maximum absolute atomic E-state index is 15.0. The molecular weight excluding hydrogens is 1090 g/mol. The van der Waals surface area contributed by atoms with Gasteiger partial charge in [-0.1, -0.05) is 92.1 Å². The van der Waals surface area contributed by atoms with Crippen LogP contribution >= 0.6 is 0 Å². The van der Waals surface area contributed by atoms with E-state index in [4.69, 9.17) is 18.6 Å². The molecule has 0 radical (unpaired) electrons. The Labute approximate surface area is 490 Å². The topological polar surface area (TPSA) is 307 Å². The van der Waals surface area contributed by atoms with Gasteiger partial charge in [-0.15, -0.1) is 0 Å². The Hall–Kier alpha value is -7.69. The highest BCUT2D eigenvalue weighted by Crippen LogP contribution is 2.26. The van der Waals surface area contributed by atoms with Crippen molar-refractivity contribution in [2.24, 2.45) is 29.6 Å². The predicted octanol–water partition coefficient (Wildman–Crippen LogP) is 3.48. The minimum Gasteiger partial charge on any atom is -0.497 e. The van der Waals surface area contributed by atoms with Gasteiger partial charge in [0.15, 0.2) is 11.9 Å². The summed E-state index contributed by atoms with van der Waals surface area (Å²) in [6.45, 7) is 16.0. The second kappa shape index (κ2) is 30.2. The number of cyclic esters (lactones) is 2. The fourth-order valence-electron chi connectivity index (χ4n) is 10.4. The SMILES string of the molecule is CC[C@H](C)[C@H]1NC(=O)[C@@H](NC(=O)[C@@H](CC(C)C)N(C)C(=O)CNC(=O)c2cc3ccccc3oc2=O)[C@@H](C)OC(=O)[C@H](Cc2ccc(OC)cc2)N(C)C(=O)[C@@H]2CCCN2C(=O)[C@H](CC(C)C)NC(=O)[C@@H](C)C(=O)[C@H](C(C)C)OC(=O)C[C@@H]1O. The van der Waals surface area contributed by atoms with Crippen molar-refractivity contribution >= 4 is 70.0 Å². The van der Waals surface area contributed by atoms with Crippen LogP contribution in [0.3, 0.4) is 0 Å². The van der Waals surface area contributed by atoms with Gasteiger partial charge in [-0.3, -0.25) is 43.2 Å². The Bertz CT molecular complexity index is 2930. The minimum atomic E-state index is -1.81. The van der Waals surface area contributed by atoms with Gasteiger partial charge in [-0.2, -0.15) is 0 Å². The highest BCUT2D eigenvalue weighted by molar-refractivity contribution is 6.05. The van der Waals surface area contributed by atoms with Crippen molar-refractivity contribution < 1.29 is 71.7 Å². The van der Waals surface area contributed by atoms with Crippen LogP contribution in [0.25, 0.3) is 11.0 Å². The van der Waals surface area contributed by atoms with Crippen LogP contribution in [0.15, 0.2) is 63.8 Å². The molecule has 11 atom stereocenters. The van der Waals surface area contributed by atoms with E-state index < -0.39 is 150 Å². The van der Waals surface area contributed by atoms with Gasteiger partial charge in [0.2, 0.25) is 35.4 Å². The first-order chi connectivity index (χ1) is 39.6. The van der Waals surface area contributed by atoms with Crippen LogP contribution in [0.4, 0.5) is 0 Å². The molecule has 84 heavy (non-hydrogen) atoms. The third-order valence-electron chi connectivity index (χ3n) is 15.6. The molecule has 1 aromatic heterocycles. The summed E-state index contributed by atoms with van der Waals surface area (Å²) in [6, 6.07) is 6.41. The number of rotatable bonds is 16. The number of hydrogen-bond acceptors (Lipinski definition) is 16. The van der Waals surface area contributed by atoms with Gasteiger partial charge >= 0.3 is 17.6 Å². The zero-order valence-corrected chi connectivity index (χ0v) is 50.6. The van der Waals surface area contributed by atoms with Crippen LogP contribution in [0.5, 0.6) is 5.75 Å². The number of amides is 7. The smallest absolute Gasteiger partial charge is 0.349 e. The number of ketones is 1. The number of esters is 2. The molecule has 460 valence electrons. The fraction of sp³-hybridized carbons (Fsp3) is 0.590. The molecule has 2 aliphatic rings. The van der Waals surface area contributed by atoms with E-state index >= 15 is 4.79 Å². The summed E-state index contributed by atoms with van der Waals surface area (Å²) in [5, 5.41) is 22.9. The summed E-state index contributed by atoms with van der Waals surface area (Å²) in [4.78, 5) is 160. The second-order valence-electron chi connectivity index (χ2n) is 23.3. The third-order valence-corrected chi connectivity index (χ3v) is 15.6. The first kappa shape index (κ1) is 67.1. The maximum atomic E-state index is 15.0. The van der Waals surface area contributed by atoms with Crippen LogP contribution in [0.2, 0.25) is 0 Å². The van der Waals surface area contributed by atoms with E-state index in [-0.39, 0.29) is 55.2 Å². The number of ether oxygens (including phenoxy) is 3. The summed E-state index contributed by atoms with van der Waals surface area (Å²) in [6.07, 6.45) is -4.61. The van der Waals surface area contributed by atoms with E-state index in [1.54, 1.807) is 90.1 Å². The number of carbonyl (C=O) groups excluding carboxylic acids is 10. The Kier molecular flexibility index (Phi) is 24.1. The first-order valence-electron chi connectivity index (χ1n) is 28.9. The molecule has 2 fully saturated rings. The van der Waals surface area contributed by atoms with Crippen LogP contribution in [-0.4, -0.2) is 168 Å². The molecule has 0 spiro atoms. The van der Waals surface area contributed by atoms with Crippen LogP contribution in [0, 0.1) is 29.6 Å². The number of para-hydroxylation sites is 1. The molecule has 23 nitrogen and oxygen atoms in total. The van der Waals surface area contributed by atoms with Gasteiger partial charge < -0.3 is 59.7 Å². The van der Waals surface area contributed by atoms with Gasteiger partial charge in [0.25, 0.3) is 5.91 Å². The van der Waals surface area contributed by atoms with Crippen molar-refractivity contribution in [2.45, 2.75) is 169 Å². The van der Waals surface area contributed by atoms with E-state index in [1.165, 1.54) is 50.9 Å². The zero-order valence-electron chi connectivity index (χ0n) is 50.6. The average Bonchev–Trinajstić information content (AvgIpc) is 4.12. The number of hydrogen-bond donors (Lipinski definition) is 5. The van der Waals surface area contributed by atoms with Gasteiger partial charge in [-0.05, 0) is 93.0 Å². The third kappa shape index (κ3) is 17.2. The van der Waals surface area contributed by atoms with E-state index in [2.05, 4.69) is 21.3 Å². The standard InChI is InChI=1S/C61H85N7O16/c1-14-35(8)50-46(69)30-49(71)84-53(34(6)7)52(72)36(9)54(73)63-42(26-32(2)3)58(77)68-25-17-19-43(68)59(78)67(12)45(28-38-21-23-40(81-13)24-22-38)61(80)82-37(10)51(57(76)64-50)65-56(75)44(27-33(4)5)66(11)48(70)31-62-55(74)41-29-39-18-15-16-20-47(39)83-60(41)79/h15-16,18,20-24,29,32-37,42-46,50-51,53,69H,14,17,19,25-28,30-31H2,1-13H3,(H,62,74)(H,63,73)(H,64,76)(H,65,75)/t35-,36-,37+,42-,43-,44+,45-,46-,50+,51-,53-/m0/s1. The Balaban J connectivity index is 1.58. The predicted molar refractivity (Wildman–Crippen MR) is 309 cm³/mol. The van der Waals surface area contributed by atoms with Crippen LogP contribution < -0.4 is 31.6 Å². The summed E-state index contributed by atoms with van der Waals surface area (Å²) in [7, 11) is 4.18. The highest BCUT2D eigenvalue weighted by Gasteiger charge is 2.45. The van der Waals surface area contributed by atoms with Gasteiger partial charge in [0.05, 0.1) is 38.1 Å². The summed E-state index contributed by atoms with van der Waals surface area (Å²) >= 11 is 0. The van der Waals surface area contributed by atoms with Gasteiger partial charge in [-0.25, -0.2) is 9.59 Å². The quantitative estimate of drug-likeness (QED) is 0.0779. The van der Waals surface area contributed by atoms with Crippen molar-refractivity contribution in [1.29, 1.82) is 0 Å². The monoisotopic (exact) mass is 1170 g/mol. The summed E-state index contributed by atoms with van der Waals surface area (Å²) < 4.78 is 22.5. The zero-order chi connectivity index (χ0) is 62.4. The van der Waals surface area contributed by atoms with Crippen molar-refractivity contribution in [2.75, 3.05) is 34.3 Å². The molecule has 23 heteroatoms. The molecular formula is C61H85N7O16. The number of nitrogens with zero attached hydrogens (tertiary/aromatic N) is 3. The molecule has 0 aliphatic carbocycles. The number of likely N-dealkylation sites (N-methyl/N-ethyl adjacent to an activating group) is 2. The van der Waals surface area contributed by atoms with Crippen molar-refractivity contribution in [1.82, 2.24) is 36.0 Å². The molecule has 2 saturated heterocycles. The van der Waals surface area contributed by atoms with E-state index in [9.17, 15) is 53.1 Å².